The number of methoxy groups -OCH3 is 1. The molecule has 3 heterocycles. The highest BCUT2D eigenvalue weighted by Crippen LogP contribution is 2.40. The van der Waals surface area contributed by atoms with Crippen molar-refractivity contribution < 1.29 is 9.53 Å². The van der Waals surface area contributed by atoms with Crippen LogP contribution in [-0.4, -0.2) is 68.3 Å². The quantitative estimate of drug-likeness (QED) is 0.768. The lowest BCUT2D eigenvalue weighted by molar-refractivity contribution is 0.152. The van der Waals surface area contributed by atoms with Gasteiger partial charge in [0, 0.05) is 39.3 Å². The lowest BCUT2D eigenvalue weighted by Crippen LogP contribution is -2.44. The molecule has 0 aromatic rings. The summed E-state index contributed by atoms with van der Waals surface area (Å²) in [5, 5.41) is 2.94. The van der Waals surface area contributed by atoms with Crippen LogP contribution in [0.2, 0.25) is 0 Å². The van der Waals surface area contributed by atoms with Crippen LogP contribution in [0.15, 0.2) is 0 Å². The molecule has 3 unspecified atom stereocenters. The van der Waals surface area contributed by atoms with Gasteiger partial charge < -0.3 is 15.0 Å². The minimum Gasteiger partial charge on any atom is -0.383 e. The van der Waals surface area contributed by atoms with Crippen molar-refractivity contribution in [3.63, 3.8) is 0 Å². The van der Waals surface area contributed by atoms with Crippen LogP contribution in [0.4, 0.5) is 4.79 Å². The number of ether oxygens (including phenoxy) is 1. The third kappa shape index (κ3) is 2.58. The Morgan fingerprint density at radius 2 is 2.21 bits per heavy atom. The largest absolute Gasteiger partial charge is 0.383 e. The van der Waals surface area contributed by atoms with Crippen LogP contribution in [0.3, 0.4) is 0 Å². The van der Waals surface area contributed by atoms with E-state index in [2.05, 4.69) is 10.2 Å². The summed E-state index contributed by atoms with van der Waals surface area (Å²) in [6.45, 7) is 5.57. The van der Waals surface area contributed by atoms with E-state index >= 15 is 0 Å². The molecule has 0 bridgehead atoms. The average molecular weight is 267 g/mol. The van der Waals surface area contributed by atoms with E-state index in [1.807, 2.05) is 4.90 Å². The number of piperidine rings is 1. The minimum atomic E-state index is 0.0915. The van der Waals surface area contributed by atoms with E-state index < -0.39 is 0 Å². The molecule has 0 spiro atoms. The van der Waals surface area contributed by atoms with Gasteiger partial charge in [-0.25, -0.2) is 4.79 Å². The van der Waals surface area contributed by atoms with E-state index in [0.717, 1.165) is 19.1 Å². The fourth-order valence-electron chi connectivity index (χ4n) is 4.09. The van der Waals surface area contributed by atoms with Gasteiger partial charge in [0.25, 0.3) is 0 Å². The number of urea groups is 1. The van der Waals surface area contributed by atoms with Crippen molar-refractivity contribution in [1.82, 2.24) is 15.1 Å². The number of hydrogen-bond donors (Lipinski definition) is 1. The normalized spacial score (nSPS) is 34.2. The maximum atomic E-state index is 12.1. The maximum absolute atomic E-state index is 12.1. The SMILES string of the molecule is COCCNC(=O)N1CC2CN3CCCCC3C2C1. The molecule has 19 heavy (non-hydrogen) atoms. The highest BCUT2D eigenvalue weighted by atomic mass is 16.5. The molecular formula is C14H25N3O2. The van der Waals surface area contributed by atoms with Gasteiger partial charge in [-0.3, -0.25) is 4.90 Å². The van der Waals surface area contributed by atoms with Crippen LogP contribution in [0, 0.1) is 11.8 Å². The Morgan fingerprint density at radius 1 is 1.32 bits per heavy atom. The minimum absolute atomic E-state index is 0.0915. The van der Waals surface area contributed by atoms with Gasteiger partial charge in [-0.05, 0) is 31.2 Å². The van der Waals surface area contributed by atoms with E-state index in [-0.39, 0.29) is 6.03 Å². The average Bonchev–Trinajstić information content (AvgIpc) is 2.96. The summed E-state index contributed by atoms with van der Waals surface area (Å²) in [5.41, 5.74) is 0. The molecular weight excluding hydrogens is 242 g/mol. The molecule has 108 valence electrons. The van der Waals surface area contributed by atoms with E-state index in [4.69, 9.17) is 4.74 Å². The molecule has 3 atom stereocenters. The Morgan fingerprint density at radius 3 is 3.05 bits per heavy atom. The van der Waals surface area contributed by atoms with Gasteiger partial charge in [0.1, 0.15) is 0 Å². The number of nitrogens with one attached hydrogen (secondary N) is 1. The molecule has 3 aliphatic heterocycles. The first-order valence-electron chi connectivity index (χ1n) is 7.55. The molecule has 5 heteroatoms. The van der Waals surface area contributed by atoms with Gasteiger partial charge >= 0.3 is 6.03 Å². The highest BCUT2D eigenvalue weighted by Gasteiger charge is 2.48. The summed E-state index contributed by atoms with van der Waals surface area (Å²) in [4.78, 5) is 16.7. The maximum Gasteiger partial charge on any atom is 0.317 e. The van der Waals surface area contributed by atoms with Crippen LogP contribution in [0.5, 0.6) is 0 Å². The first-order chi connectivity index (χ1) is 9.29. The predicted molar refractivity (Wildman–Crippen MR) is 73.0 cm³/mol. The van der Waals surface area contributed by atoms with Crippen molar-refractivity contribution in [2.45, 2.75) is 25.3 Å². The second kappa shape index (κ2) is 5.67. The molecule has 0 aliphatic carbocycles. The number of carbonyl (C=O) groups is 1. The lowest BCUT2D eigenvalue weighted by Gasteiger charge is -2.33. The number of nitrogens with zero attached hydrogens (tertiary/aromatic N) is 2. The van der Waals surface area contributed by atoms with Gasteiger partial charge in [0.2, 0.25) is 0 Å². The topological polar surface area (TPSA) is 44.8 Å². The van der Waals surface area contributed by atoms with E-state index in [1.165, 1.54) is 32.4 Å². The van der Waals surface area contributed by atoms with E-state index in [9.17, 15) is 4.79 Å². The molecule has 1 N–H and O–H groups in total. The molecule has 5 nitrogen and oxygen atoms in total. The highest BCUT2D eigenvalue weighted by molar-refractivity contribution is 5.74. The molecule has 0 saturated carbocycles. The number of rotatable bonds is 3. The Balaban J connectivity index is 1.52. The van der Waals surface area contributed by atoms with Crippen LogP contribution in [0.1, 0.15) is 19.3 Å². The second-order valence-electron chi connectivity index (χ2n) is 6.11. The van der Waals surface area contributed by atoms with Crippen molar-refractivity contribution in [3.05, 3.63) is 0 Å². The summed E-state index contributed by atoms with van der Waals surface area (Å²) in [7, 11) is 1.66. The van der Waals surface area contributed by atoms with Crippen LogP contribution in [-0.2, 0) is 4.74 Å². The van der Waals surface area contributed by atoms with Crippen LogP contribution < -0.4 is 5.32 Å². The lowest BCUT2D eigenvalue weighted by atomic mass is 9.90. The summed E-state index contributed by atoms with van der Waals surface area (Å²) >= 11 is 0. The first-order valence-corrected chi connectivity index (χ1v) is 7.55. The molecule has 0 radical (unpaired) electrons. The zero-order chi connectivity index (χ0) is 13.2. The second-order valence-corrected chi connectivity index (χ2v) is 6.11. The zero-order valence-electron chi connectivity index (χ0n) is 11.8. The van der Waals surface area contributed by atoms with E-state index in [0.29, 0.717) is 25.0 Å². The number of hydrogen-bond acceptors (Lipinski definition) is 3. The Bertz CT molecular complexity index is 337. The van der Waals surface area contributed by atoms with Gasteiger partial charge in [-0.1, -0.05) is 6.42 Å². The molecule has 0 aromatic carbocycles. The zero-order valence-corrected chi connectivity index (χ0v) is 11.8. The smallest absolute Gasteiger partial charge is 0.317 e. The summed E-state index contributed by atoms with van der Waals surface area (Å²) in [6, 6.07) is 0.837. The van der Waals surface area contributed by atoms with Crippen LogP contribution >= 0.6 is 0 Å². The van der Waals surface area contributed by atoms with Crippen molar-refractivity contribution in [2.75, 3.05) is 46.4 Å². The van der Waals surface area contributed by atoms with Crippen molar-refractivity contribution in [2.24, 2.45) is 11.8 Å². The Labute approximate surface area is 115 Å². The monoisotopic (exact) mass is 267 g/mol. The molecule has 3 fully saturated rings. The first kappa shape index (κ1) is 13.2. The predicted octanol–water partition coefficient (Wildman–Crippen LogP) is 0.759. The molecule has 0 aromatic heterocycles. The number of amides is 2. The fourth-order valence-corrected chi connectivity index (χ4v) is 4.09. The third-order valence-electron chi connectivity index (χ3n) is 4.99. The fraction of sp³-hybridized carbons (Fsp3) is 0.929. The standard InChI is InChI=1S/C14H25N3O2/c1-19-7-5-15-14(18)17-9-11-8-16-6-3-2-4-13(16)12(11)10-17/h11-13H,2-10H2,1H3,(H,15,18). The van der Waals surface area contributed by atoms with Gasteiger partial charge in [0.05, 0.1) is 6.61 Å². The Kier molecular flexibility index (Phi) is 3.93. The molecule has 3 rings (SSSR count). The number of carbonyl (C=O) groups excluding carboxylic acids is 1. The van der Waals surface area contributed by atoms with Gasteiger partial charge in [0.15, 0.2) is 0 Å². The summed E-state index contributed by atoms with van der Waals surface area (Å²) in [6.07, 6.45) is 4.06. The van der Waals surface area contributed by atoms with Crippen LogP contribution in [0.25, 0.3) is 0 Å². The van der Waals surface area contributed by atoms with Crippen molar-refractivity contribution in [3.8, 4) is 0 Å². The van der Waals surface area contributed by atoms with E-state index in [1.54, 1.807) is 7.11 Å². The van der Waals surface area contributed by atoms with Crippen molar-refractivity contribution >= 4 is 6.03 Å². The third-order valence-corrected chi connectivity index (χ3v) is 4.99. The summed E-state index contributed by atoms with van der Waals surface area (Å²) in [5.74, 6) is 1.42. The summed E-state index contributed by atoms with van der Waals surface area (Å²) < 4.78 is 4.96. The Hall–Kier alpha value is -0.810. The number of likely N-dealkylation sites (tertiary alicyclic amines) is 1. The molecule has 2 amide bonds. The molecule has 3 aliphatic rings. The van der Waals surface area contributed by atoms with Crippen molar-refractivity contribution in [1.29, 1.82) is 0 Å². The van der Waals surface area contributed by atoms with Gasteiger partial charge in [-0.15, -0.1) is 0 Å². The number of fused-ring (bicyclic) bond motifs is 3. The molecule has 3 saturated heterocycles. The van der Waals surface area contributed by atoms with Gasteiger partial charge in [-0.2, -0.15) is 0 Å².